The number of aromatic nitrogens is 5. The normalized spacial score (nSPS) is 13.8. The summed E-state index contributed by atoms with van der Waals surface area (Å²) in [5.74, 6) is 2.18. The Morgan fingerprint density at radius 2 is 1.59 bits per heavy atom. The van der Waals surface area contributed by atoms with Crippen LogP contribution in [0.4, 0.5) is 34.5 Å². The summed E-state index contributed by atoms with van der Waals surface area (Å²) in [6.07, 6.45) is 3.08. The average Bonchev–Trinajstić information content (AvgIpc) is 3.75. The second kappa shape index (κ2) is 21.5. The molecule has 18 heteroatoms. The quantitative estimate of drug-likeness (QED) is 0.0547. The fraction of sp³-hybridized carbons (Fsp3) is 0.309. The van der Waals surface area contributed by atoms with E-state index in [-0.39, 0.29) is 41.0 Å². The molecule has 18 nitrogen and oxygen atoms in total. The monoisotopic (exact) mass is 987 g/mol. The molecule has 0 atom stereocenters. The standard InChI is InChI=1S/C55H61N11O7/c1-7-72-49-28-39(19-20-44(49)58-54-57-31-46-51(59-54)63(5)45-14-9-8-13-41(45)53(70)64(46)6)65-24-21-37(22-25-65)52(69)56-23-26-73-40-12-10-11-36(27-40)33-62(4)32-35-15-17-38(18-16-35)66-50(60-61-55(66)71)43-29-42(34(2)3)47(67)30-48(43)68/h8-20,27-31,34,37,67-68H,7,21-26,32-33H2,1-6H3,(H,56,69)(H,61,71)(H,57,58,59). The van der Waals surface area contributed by atoms with Gasteiger partial charge in [0, 0.05) is 64.0 Å². The van der Waals surface area contributed by atoms with Crippen LogP contribution in [0, 0.1) is 5.92 Å². The molecule has 5 N–H and O–H groups in total. The number of nitrogens with zero attached hydrogens (tertiary/aromatic N) is 8. The molecule has 1 fully saturated rings. The van der Waals surface area contributed by atoms with Crippen molar-refractivity contribution in [1.82, 2.24) is 34.9 Å². The number of nitrogens with one attached hydrogen (secondary N) is 3. The highest BCUT2D eigenvalue weighted by molar-refractivity contribution is 6.13. The maximum absolute atomic E-state index is 13.3. The van der Waals surface area contributed by atoms with Gasteiger partial charge in [-0.3, -0.25) is 14.5 Å². The third-order valence-electron chi connectivity index (χ3n) is 13.3. The number of fused-ring (bicyclic) bond motifs is 2. The molecule has 0 unspecified atom stereocenters. The highest BCUT2D eigenvalue weighted by Gasteiger charge is 2.30. The molecule has 0 spiro atoms. The maximum atomic E-state index is 13.3. The first-order chi connectivity index (χ1) is 35.3. The van der Waals surface area contributed by atoms with Gasteiger partial charge in [0.2, 0.25) is 11.9 Å². The maximum Gasteiger partial charge on any atom is 0.348 e. The number of ether oxygens (including phenoxy) is 2. The number of carbonyl (C=O) groups excluding carboxylic acids is 2. The number of piperidine rings is 1. The minimum absolute atomic E-state index is 0.00982. The van der Waals surface area contributed by atoms with Crippen LogP contribution in [0.15, 0.2) is 114 Å². The van der Waals surface area contributed by atoms with Crippen molar-refractivity contribution in [2.45, 2.75) is 52.6 Å². The first-order valence-corrected chi connectivity index (χ1v) is 24.5. The summed E-state index contributed by atoms with van der Waals surface area (Å²) in [5, 5.41) is 34.2. The van der Waals surface area contributed by atoms with E-state index in [2.05, 4.69) is 41.7 Å². The highest BCUT2D eigenvalue weighted by atomic mass is 16.5. The molecule has 2 aliphatic rings. The molecule has 9 rings (SSSR count). The number of hydrogen-bond donors (Lipinski definition) is 5. The molecule has 1 saturated heterocycles. The van der Waals surface area contributed by atoms with Gasteiger partial charge in [-0.25, -0.2) is 19.4 Å². The number of phenols is 2. The Balaban J connectivity index is 0.733. The third-order valence-corrected chi connectivity index (χ3v) is 13.3. The first-order valence-electron chi connectivity index (χ1n) is 24.5. The van der Waals surface area contributed by atoms with Crippen LogP contribution in [-0.2, 0) is 17.9 Å². The van der Waals surface area contributed by atoms with Gasteiger partial charge in [0.25, 0.3) is 5.91 Å². The molecule has 378 valence electrons. The van der Waals surface area contributed by atoms with E-state index < -0.39 is 5.69 Å². The van der Waals surface area contributed by atoms with Crippen LogP contribution in [0.25, 0.3) is 17.1 Å². The molecule has 7 aromatic rings. The van der Waals surface area contributed by atoms with Crippen LogP contribution in [0.1, 0.15) is 66.6 Å². The number of aromatic amines is 1. The Kier molecular flexibility index (Phi) is 14.6. The number of anilines is 6. The Labute approximate surface area is 423 Å². The Morgan fingerprint density at radius 3 is 2.36 bits per heavy atom. The average molecular weight is 988 g/mol. The van der Waals surface area contributed by atoms with Crippen LogP contribution >= 0.6 is 0 Å². The summed E-state index contributed by atoms with van der Waals surface area (Å²) in [4.78, 5) is 56.8. The minimum Gasteiger partial charge on any atom is -0.508 e. The number of rotatable bonds is 17. The van der Waals surface area contributed by atoms with Gasteiger partial charge in [-0.1, -0.05) is 50.2 Å². The fourth-order valence-corrected chi connectivity index (χ4v) is 9.47. The van der Waals surface area contributed by atoms with Gasteiger partial charge < -0.3 is 45.0 Å². The fourth-order valence-electron chi connectivity index (χ4n) is 9.47. The topological polar surface area (TPSA) is 207 Å². The van der Waals surface area contributed by atoms with E-state index in [1.165, 1.54) is 10.6 Å². The lowest BCUT2D eigenvalue weighted by Gasteiger charge is -2.33. The summed E-state index contributed by atoms with van der Waals surface area (Å²) < 4.78 is 13.6. The molecule has 0 bridgehead atoms. The molecule has 2 aromatic heterocycles. The summed E-state index contributed by atoms with van der Waals surface area (Å²) >= 11 is 0. The predicted molar refractivity (Wildman–Crippen MR) is 282 cm³/mol. The SMILES string of the molecule is CCOc1cc(N2CCC(C(=O)NCCOc3cccc(CN(C)Cc4ccc(-n5c(-c6cc(C(C)C)c(O)cc6O)n[nH]c5=O)cc4)c3)CC2)ccc1Nc1ncc2c(n1)N(C)c1ccccc1C(=O)N2C. The highest BCUT2D eigenvalue weighted by Crippen LogP contribution is 2.40. The van der Waals surface area contributed by atoms with Crippen LogP contribution in [-0.4, -0.2) is 106 Å². The lowest BCUT2D eigenvalue weighted by Crippen LogP contribution is -2.41. The minimum atomic E-state index is -0.447. The molecule has 4 heterocycles. The largest absolute Gasteiger partial charge is 0.508 e. The number of amides is 2. The molecular weight excluding hydrogens is 927 g/mol. The Hall–Kier alpha value is -8.38. The molecule has 0 radical (unpaired) electrons. The first kappa shape index (κ1) is 49.6. The van der Waals surface area contributed by atoms with Crippen molar-refractivity contribution in [3.63, 3.8) is 0 Å². The van der Waals surface area contributed by atoms with E-state index in [0.29, 0.717) is 110 Å². The molecular formula is C55H61N11O7. The number of phenolic OH excluding ortho intramolecular Hbond substituents is 2. The third kappa shape index (κ3) is 10.8. The Bertz CT molecular complexity index is 3180. The van der Waals surface area contributed by atoms with Crippen LogP contribution < -0.4 is 40.5 Å². The molecule has 2 amide bonds. The molecule has 2 aliphatic heterocycles. The van der Waals surface area contributed by atoms with Crippen molar-refractivity contribution in [3.05, 3.63) is 142 Å². The zero-order chi connectivity index (χ0) is 51.3. The van der Waals surface area contributed by atoms with Crippen LogP contribution in [0.5, 0.6) is 23.0 Å². The number of hydrogen-bond acceptors (Lipinski definition) is 14. The van der Waals surface area contributed by atoms with Gasteiger partial charge in [-0.15, -0.1) is 0 Å². The number of carbonyl (C=O) groups is 2. The number of benzene rings is 5. The van der Waals surface area contributed by atoms with Crippen LogP contribution in [0.3, 0.4) is 0 Å². The van der Waals surface area contributed by atoms with Crippen molar-refractivity contribution in [2.24, 2.45) is 5.92 Å². The molecule has 5 aromatic carbocycles. The Morgan fingerprint density at radius 1 is 0.836 bits per heavy atom. The van der Waals surface area contributed by atoms with Crippen molar-refractivity contribution in [3.8, 4) is 40.1 Å². The smallest absolute Gasteiger partial charge is 0.348 e. The number of para-hydroxylation sites is 1. The van der Waals surface area contributed by atoms with Crippen molar-refractivity contribution >= 4 is 46.3 Å². The van der Waals surface area contributed by atoms with E-state index in [0.717, 1.165) is 28.3 Å². The predicted octanol–water partition coefficient (Wildman–Crippen LogP) is 8.10. The van der Waals surface area contributed by atoms with E-state index in [1.54, 1.807) is 24.2 Å². The van der Waals surface area contributed by atoms with E-state index in [9.17, 15) is 24.6 Å². The van der Waals surface area contributed by atoms with Crippen molar-refractivity contribution in [2.75, 3.05) is 74.0 Å². The summed E-state index contributed by atoms with van der Waals surface area (Å²) in [6.45, 7) is 9.73. The molecule has 0 saturated carbocycles. The van der Waals surface area contributed by atoms with Gasteiger partial charge >= 0.3 is 5.69 Å². The van der Waals surface area contributed by atoms with Gasteiger partial charge in [0.15, 0.2) is 11.6 Å². The van der Waals surface area contributed by atoms with E-state index in [4.69, 9.17) is 14.5 Å². The van der Waals surface area contributed by atoms with Crippen LogP contribution in [0.2, 0.25) is 0 Å². The lowest BCUT2D eigenvalue weighted by atomic mass is 9.95. The second-order valence-electron chi connectivity index (χ2n) is 18.7. The zero-order valence-electron chi connectivity index (χ0n) is 41.9. The summed E-state index contributed by atoms with van der Waals surface area (Å²) in [5.41, 5.74) is 6.87. The van der Waals surface area contributed by atoms with E-state index in [1.807, 2.05) is 125 Å². The molecule has 0 aliphatic carbocycles. The second-order valence-corrected chi connectivity index (χ2v) is 18.7. The number of aromatic hydroxyl groups is 2. The van der Waals surface area contributed by atoms with Crippen molar-refractivity contribution in [1.29, 1.82) is 0 Å². The van der Waals surface area contributed by atoms with Gasteiger partial charge in [0.05, 0.1) is 47.5 Å². The van der Waals surface area contributed by atoms with Gasteiger partial charge in [-0.2, -0.15) is 10.1 Å². The van der Waals surface area contributed by atoms with Crippen molar-refractivity contribution < 1.29 is 29.3 Å². The summed E-state index contributed by atoms with van der Waals surface area (Å²) in [6, 6.07) is 32.0. The number of H-pyrrole nitrogens is 1. The summed E-state index contributed by atoms with van der Waals surface area (Å²) in [7, 11) is 5.65. The zero-order valence-corrected chi connectivity index (χ0v) is 41.9. The van der Waals surface area contributed by atoms with E-state index >= 15 is 0 Å². The lowest BCUT2D eigenvalue weighted by molar-refractivity contribution is -0.125. The molecule has 73 heavy (non-hydrogen) atoms. The van der Waals surface area contributed by atoms with Gasteiger partial charge in [0.1, 0.15) is 35.3 Å². The van der Waals surface area contributed by atoms with Gasteiger partial charge in [-0.05, 0) is 104 Å².